The Labute approximate surface area is 413 Å². The third kappa shape index (κ3) is 16.6. The third-order valence-corrected chi connectivity index (χ3v) is 12.0. The summed E-state index contributed by atoms with van der Waals surface area (Å²) in [6, 6.07) is 19.4. The molecule has 382 valence electrons. The van der Waals surface area contributed by atoms with Gasteiger partial charge in [0.2, 0.25) is 29.5 Å². The fraction of sp³-hybridized carbons (Fsp3) is 0.471. The van der Waals surface area contributed by atoms with Crippen molar-refractivity contribution in [3.63, 3.8) is 0 Å². The van der Waals surface area contributed by atoms with Gasteiger partial charge in [0.15, 0.2) is 12.7 Å². The number of carbonyl (C=O) groups is 9. The molecular weight excluding hydrogens is 917 g/mol. The van der Waals surface area contributed by atoms with E-state index in [1.54, 1.807) is 54.6 Å². The van der Waals surface area contributed by atoms with Gasteiger partial charge >= 0.3 is 11.9 Å². The number of aliphatic hydroxyl groups excluding tert-OH is 1. The lowest BCUT2D eigenvalue weighted by molar-refractivity contribution is -0.159. The molecule has 0 spiro atoms. The maximum absolute atomic E-state index is 13.8. The number of carbonyl (C=O) groups excluding carboxylic acids is 9. The summed E-state index contributed by atoms with van der Waals surface area (Å²) in [5.41, 5.74) is 7.29. The molecule has 71 heavy (non-hydrogen) atoms. The highest BCUT2D eigenvalue weighted by molar-refractivity contribution is 6.32. The third-order valence-electron chi connectivity index (χ3n) is 12.0. The average molecular weight is 983 g/mol. The van der Waals surface area contributed by atoms with Crippen molar-refractivity contribution in [3.8, 4) is 5.75 Å². The molecule has 0 radical (unpaired) electrons. The van der Waals surface area contributed by atoms with Gasteiger partial charge in [0.1, 0.15) is 29.9 Å². The van der Waals surface area contributed by atoms with Crippen LogP contribution in [-0.2, 0) is 67.2 Å². The number of benzene rings is 3. The van der Waals surface area contributed by atoms with E-state index in [1.165, 1.54) is 9.80 Å². The minimum Gasteiger partial charge on any atom is -0.484 e. The lowest BCUT2D eigenvalue weighted by Crippen LogP contribution is -2.59. The molecule has 8 N–H and O–H groups in total. The number of primary amides is 1. The van der Waals surface area contributed by atoms with Crippen molar-refractivity contribution in [3.05, 3.63) is 102 Å². The van der Waals surface area contributed by atoms with Gasteiger partial charge in [-0.05, 0) is 94.5 Å². The van der Waals surface area contributed by atoms with Crippen LogP contribution in [0.5, 0.6) is 5.75 Å². The molecule has 20 nitrogen and oxygen atoms in total. The molecule has 3 aromatic rings. The fourth-order valence-electron chi connectivity index (χ4n) is 8.48. The molecule has 2 aliphatic rings. The molecule has 2 heterocycles. The number of nitrogens with one attached hydrogen (secondary N) is 5. The standard InChI is InChI=1S/C51H66N8O12/c1-51(2,3)57-47(66)40-20-13-26-58(40)48(67)43(62)36(28-33-14-7-5-8-15-33)55-45(64)38(30-41(52)60)54-42(61)31-71-35-23-21-32(22-24-35)18-11-25-53-44(63)37(29-34-16-9-6-10-17-34)56-46(65)39-19-12-27-59(39)49(68)50(69)70-4/h5-10,14-17,21-24,36-40,43,62H,11-13,18-20,25-31H2,1-4H3,(H2,52,60)(H,53,63)(H,54,61)(H,55,64)(H,56,65)(H,57,66)/t36-,37-,38-,39-,40-,43-/m0/s1. The summed E-state index contributed by atoms with van der Waals surface area (Å²) in [7, 11) is 1.09. The molecule has 8 amide bonds. The Bertz CT molecular complexity index is 2340. The Morgan fingerprint density at radius 3 is 1.90 bits per heavy atom. The summed E-state index contributed by atoms with van der Waals surface area (Å²) < 4.78 is 10.2. The van der Waals surface area contributed by atoms with Gasteiger partial charge in [-0.1, -0.05) is 72.8 Å². The van der Waals surface area contributed by atoms with Gasteiger partial charge in [-0.2, -0.15) is 0 Å². The van der Waals surface area contributed by atoms with Crippen LogP contribution >= 0.6 is 0 Å². The fourth-order valence-corrected chi connectivity index (χ4v) is 8.48. The second-order valence-electron chi connectivity index (χ2n) is 18.7. The number of aliphatic hydroxyl groups is 1. The lowest BCUT2D eigenvalue weighted by atomic mass is 9.99. The molecule has 0 aromatic heterocycles. The summed E-state index contributed by atoms with van der Waals surface area (Å²) in [6.45, 7) is 5.62. The molecule has 0 aliphatic carbocycles. The molecule has 0 bridgehead atoms. The van der Waals surface area contributed by atoms with E-state index < -0.39 is 102 Å². The van der Waals surface area contributed by atoms with Gasteiger partial charge in [-0.15, -0.1) is 0 Å². The number of esters is 1. The van der Waals surface area contributed by atoms with E-state index in [2.05, 4.69) is 31.3 Å². The number of hydrogen-bond acceptors (Lipinski definition) is 12. The summed E-state index contributed by atoms with van der Waals surface area (Å²) in [5.74, 6) is -6.27. The molecule has 2 aliphatic heterocycles. The summed E-state index contributed by atoms with van der Waals surface area (Å²) in [6.07, 6.45) is 0.645. The Kier molecular flexibility index (Phi) is 20.0. The number of rotatable bonds is 22. The first kappa shape index (κ1) is 54.6. The van der Waals surface area contributed by atoms with Crippen molar-refractivity contribution in [2.75, 3.05) is 33.4 Å². The number of nitrogens with zero attached hydrogens (tertiary/aromatic N) is 2. The smallest absolute Gasteiger partial charge is 0.396 e. The first-order valence-corrected chi connectivity index (χ1v) is 23.8. The van der Waals surface area contributed by atoms with Crippen molar-refractivity contribution < 1.29 is 57.7 Å². The monoisotopic (exact) mass is 982 g/mol. The topological polar surface area (TPSA) is 285 Å². The van der Waals surface area contributed by atoms with E-state index in [0.29, 0.717) is 49.8 Å². The van der Waals surface area contributed by atoms with E-state index in [9.17, 15) is 48.3 Å². The summed E-state index contributed by atoms with van der Waals surface area (Å²) in [4.78, 5) is 120. The average Bonchev–Trinajstić information content (AvgIpc) is 4.05. The van der Waals surface area contributed by atoms with Crippen LogP contribution in [-0.4, -0.2) is 143 Å². The number of aryl methyl sites for hydroxylation is 1. The van der Waals surface area contributed by atoms with E-state index in [4.69, 9.17) is 10.5 Å². The van der Waals surface area contributed by atoms with Crippen molar-refractivity contribution in [1.29, 1.82) is 0 Å². The van der Waals surface area contributed by atoms with Gasteiger partial charge in [0.05, 0.1) is 19.6 Å². The van der Waals surface area contributed by atoms with E-state index in [0.717, 1.165) is 18.2 Å². The van der Waals surface area contributed by atoms with Gasteiger partial charge in [-0.3, -0.25) is 38.4 Å². The van der Waals surface area contributed by atoms with Gasteiger partial charge < -0.3 is 56.7 Å². The number of amides is 8. The molecule has 0 saturated carbocycles. The largest absolute Gasteiger partial charge is 0.484 e. The molecule has 2 saturated heterocycles. The second-order valence-corrected chi connectivity index (χ2v) is 18.7. The van der Waals surface area contributed by atoms with Crippen LogP contribution in [0.15, 0.2) is 84.9 Å². The molecule has 6 atom stereocenters. The van der Waals surface area contributed by atoms with E-state index in [1.807, 2.05) is 51.1 Å². The minimum atomic E-state index is -1.79. The van der Waals surface area contributed by atoms with Crippen molar-refractivity contribution in [2.45, 2.75) is 120 Å². The van der Waals surface area contributed by atoms with Crippen molar-refractivity contribution in [2.24, 2.45) is 5.73 Å². The van der Waals surface area contributed by atoms with Crippen LogP contribution in [0.4, 0.5) is 0 Å². The van der Waals surface area contributed by atoms with Crippen LogP contribution in [0, 0.1) is 0 Å². The Morgan fingerprint density at radius 1 is 0.718 bits per heavy atom. The SMILES string of the molecule is COC(=O)C(=O)N1CCC[C@H]1C(=O)N[C@@H](Cc1ccccc1)C(=O)NCCCc1ccc(OCC(=O)N[C@@H](CC(N)=O)C(=O)N[C@@H](Cc2ccccc2)[C@H](O)C(=O)N2CCC[C@H]2C(=O)NC(C)(C)C)cc1. The maximum Gasteiger partial charge on any atom is 0.396 e. The predicted octanol–water partition coefficient (Wildman–Crippen LogP) is 0.360. The van der Waals surface area contributed by atoms with Crippen LogP contribution in [0.3, 0.4) is 0 Å². The predicted molar refractivity (Wildman–Crippen MR) is 259 cm³/mol. The highest BCUT2D eigenvalue weighted by atomic mass is 16.5. The zero-order chi connectivity index (χ0) is 51.7. The zero-order valence-corrected chi connectivity index (χ0v) is 40.6. The lowest BCUT2D eigenvalue weighted by Gasteiger charge is -2.32. The number of likely N-dealkylation sites (tertiary alicyclic amines) is 2. The van der Waals surface area contributed by atoms with Crippen LogP contribution < -0.4 is 37.1 Å². The number of nitrogens with two attached hydrogens (primary N) is 1. The minimum absolute atomic E-state index is 0.00187. The van der Waals surface area contributed by atoms with E-state index >= 15 is 0 Å². The number of ether oxygens (including phenoxy) is 2. The van der Waals surface area contributed by atoms with Gasteiger partial charge in [-0.25, -0.2) is 4.79 Å². The molecule has 2 fully saturated rings. The van der Waals surface area contributed by atoms with Crippen LogP contribution in [0.2, 0.25) is 0 Å². The Hall–Kier alpha value is -7.35. The maximum atomic E-state index is 13.8. The molecule has 3 aromatic carbocycles. The van der Waals surface area contributed by atoms with Crippen LogP contribution in [0.1, 0.15) is 76.0 Å². The summed E-state index contributed by atoms with van der Waals surface area (Å²) in [5, 5.41) is 25.2. The zero-order valence-electron chi connectivity index (χ0n) is 40.6. The molecular formula is C51H66N8O12. The quantitative estimate of drug-likeness (QED) is 0.0409. The normalized spacial score (nSPS) is 17.1. The molecule has 20 heteroatoms. The molecule has 0 unspecified atom stereocenters. The second kappa shape index (κ2) is 26.0. The number of methoxy groups -OCH3 is 1. The number of hydrogen-bond donors (Lipinski definition) is 7. The highest BCUT2D eigenvalue weighted by Crippen LogP contribution is 2.22. The van der Waals surface area contributed by atoms with Gasteiger partial charge in [0, 0.05) is 31.6 Å². The first-order chi connectivity index (χ1) is 33.8. The Morgan fingerprint density at radius 2 is 1.31 bits per heavy atom. The van der Waals surface area contributed by atoms with E-state index in [-0.39, 0.29) is 38.4 Å². The van der Waals surface area contributed by atoms with Gasteiger partial charge in [0.25, 0.3) is 11.8 Å². The first-order valence-electron chi connectivity index (χ1n) is 23.8. The van der Waals surface area contributed by atoms with Crippen LogP contribution in [0.25, 0.3) is 0 Å². The Balaban J connectivity index is 1.13. The van der Waals surface area contributed by atoms with Crippen molar-refractivity contribution >= 4 is 53.2 Å². The highest BCUT2D eigenvalue weighted by Gasteiger charge is 2.42. The van der Waals surface area contributed by atoms with Crippen molar-refractivity contribution in [1.82, 2.24) is 36.4 Å². The summed E-state index contributed by atoms with van der Waals surface area (Å²) >= 11 is 0. The molecule has 5 rings (SSSR count).